The van der Waals surface area contributed by atoms with E-state index in [1.54, 1.807) is 19.1 Å². The molecule has 0 aliphatic carbocycles. The number of hydrogen-bond donors (Lipinski definition) is 4. The predicted molar refractivity (Wildman–Crippen MR) is 193 cm³/mol. The first-order chi connectivity index (χ1) is 22.7. The number of carbonyl (C=O) groups is 4. The molecule has 0 aromatic rings. The molecule has 0 bridgehead atoms. The van der Waals surface area contributed by atoms with Gasteiger partial charge in [-0.25, -0.2) is 0 Å². The van der Waals surface area contributed by atoms with E-state index in [9.17, 15) is 19.2 Å². The summed E-state index contributed by atoms with van der Waals surface area (Å²) in [5.41, 5.74) is 0.0604. The lowest BCUT2D eigenvalue weighted by atomic mass is 9.92. The topological polar surface area (TPSA) is 153 Å². The molecule has 0 aromatic carbocycles. The molecule has 0 atom stereocenters. The first-order valence-corrected chi connectivity index (χ1v) is 16.2. The minimum absolute atomic E-state index is 0.209. The molecule has 0 aromatic heterocycles. The first-order valence-electron chi connectivity index (χ1n) is 16.2. The van der Waals surface area contributed by atoms with Crippen LogP contribution >= 0.6 is 0 Å². The molecule has 0 aliphatic heterocycles. The largest absolute Gasteiger partial charge is 0.381 e. The molecule has 0 heterocycles. The van der Waals surface area contributed by atoms with Gasteiger partial charge in [0, 0.05) is 46.1 Å². The minimum Gasteiger partial charge on any atom is -0.381 e. The molecular weight excluding hydrogens is 604 g/mol. The maximum Gasteiger partial charge on any atom is 0.243 e. The Hall–Kier alpha value is -3.16. The smallest absolute Gasteiger partial charge is 0.243 e. The van der Waals surface area contributed by atoms with E-state index in [2.05, 4.69) is 47.6 Å². The summed E-state index contributed by atoms with van der Waals surface area (Å²) in [5.74, 6) is -0.209. The highest BCUT2D eigenvalue weighted by Gasteiger charge is 2.32. The summed E-state index contributed by atoms with van der Waals surface area (Å²) in [6, 6.07) is 0. The second kappa shape index (κ2) is 49.7. The van der Waals surface area contributed by atoms with Gasteiger partial charge in [0.2, 0.25) is 18.7 Å². The van der Waals surface area contributed by atoms with Crippen LogP contribution in [0.3, 0.4) is 0 Å². The molecule has 0 fully saturated rings. The van der Waals surface area contributed by atoms with Gasteiger partial charge in [-0.05, 0) is 71.7 Å². The fourth-order valence-electron chi connectivity index (χ4n) is 2.88. The number of allylic oxidation sites excluding steroid dienone is 3. The van der Waals surface area contributed by atoms with Crippen LogP contribution in [0.1, 0.15) is 60.3 Å². The zero-order chi connectivity index (χ0) is 36.9. The van der Waals surface area contributed by atoms with Crippen molar-refractivity contribution in [3.63, 3.8) is 0 Å². The first kappa shape index (κ1) is 53.3. The molecule has 47 heavy (non-hydrogen) atoms. The Balaban J connectivity index is -0.000000385. The van der Waals surface area contributed by atoms with Crippen LogP contribution in [0.5, 0.6) is 0 Å². The SMILES string of the molecule is C=C(C)C=O.C=CC.C=CC.C=CC(=O)NCCCOCC(COCCCNC)(COCCCNC=O)COCCCNC=O.CC. The van der Waals surface area contributed by atoms with E-state index >= 15 is 0 Å². The lowest BCUT2D eigenvalue weighted by Crippen LogP contribution is -2.42. The van der Waals surface area contributed by atoms with Gasteiger partial charge < -0.3 is 40.2 Å². The van der Waals surface area contributed by atoms with E-state index in [1.165, 1.54) is 6.08 Å². The quantitative estimate of drug-likeness (QED) is 0.0421. The van der Waals surface area contributed by atoms with Crippen LogP contribution in [0.15, 0.2) is 50.1 Å². The molecule has 0 radical (unpaired) electrons. The molecule has 12 heteroatoms. The fourth-order valence-corrected chi connectivity index (χ4v) is 2.88. The van der Waals surface area contributed by atoms with Crippen molar-refractivity contribution >= 4 is 25.0 Å². The summed E-state index contributed by atoms with van der Waals surface area (Å²) in [6.45, 7) is 28.9. The van der Waals surface area contributed by atoms with Crippen LogP contribution < -0.4 is 21.3 Å². The van der Waals surface area contributed by atoms with Crippen molar-refractivity contribution in [2.24, 2.45) is 5.41 Å². The van der Waals surface area contributed by atoms with Crippen LogP contribution in [-0.4, -0.2) is 111 Å². The molecule has 12 nitrogen and oxygen atoms in total. The molecule has 3 amide bonds. The summed E-state index contributed by atoms with van der Waals surface area (Å²) in [7, 11) is 1.90. The summed E-state index contributed by atoms with van der Waals surface area (Å²) >= 11 is 0. The Morgan fingerprint density at radius 3 is 1.28 bits per heavy atom. The summed E-state index contributed by atoms with van der Waals surface area (Å²) in [6.07, 6.45) is 9.73. The molecule has 276 valence electrons. The van der Waals surface area contributed by atoms with Crippen molar-refractivity contribution in [2.75, 3.05) is 86.1 Å². The van der Waals surface area contributed by atoms with E-state index < -0.39 is 5.41 Å². The number of hydrogen-bond acceptors (Lipinski definition) is 9. The van der Waals surface area contributed by atoms with E-state index in [0.717, 1.165) is 19.3 Å². The van der Waals surface area contributed by atoms with Gasteiger partial charge in [-0.15, -0.1) is 13.2 Å². The van der Waals surface area contributed by atoms with Crippen molar-refractivity contribution in [3.8, 4) is 0 Å². The Morgan fingerprint density at radius 1 is 0.681 bits per heavy atom. The lowest BCUT2D eigenvalue weighted by molar-refractivity contribution is -0.116. The van der Waals surface area contributed by atoms with Crippen molar-refractivity contribution in [2.45, 2.75) is 60.3 Å². The van der Waals surface area contributed by atoms with Crippen molar-refractivity contribution in [3.05, 3.63) is 50.1 Å². The maximum absolute atomic E-state index is 11.3. The van der Waals surface area contributed by atoms with Gasteiger partial charge in [0.15, 0.2) is 0 Å². The second-order valence-electron chi connectivity index (χ2n) is 9.65. The maximum atomic E-state index is 11.3. The van der Waals surface area contributed by atoms with Gasteiger partial charge in [-0.1, -0.05) is 39.2 Å². The van der Waals surface area contributed by atoms with Gasteiger partial charge in [0.05, 0.1) is 31.8 Å². The van der Waals surface area contributed by atoms with Gasteiger partial charge in [-0.3, -0.25) is 19.2 Å². The number of nitrogens with one attached hydrogen (secondary N) is 4. The third-order valence-electron chi connectivity index (χ3n) is 4.89. The van der Waals surface area contributed by atoms with Crippen LogP contribution in [0.2, 0.25) is 0 Å². The Morgan fingerprint density at radius 2 is 1.00 bits per heavy atom. The predicted octanol–water partition coefficient (Wildman–Crippen LogP) is 3.79. The summed E-state index contributed by atoms with van der Waals surface area (Å²) in [4.78, 5) is 41.4. The van der Waals surface area contributed by atoms with Crippen molar-refractivity contribution in [1.82, 2.24) is 21.3 Å². The molecule has 0 spiro atoms. The van der Waals surface area contributed by atoms with Gasteiger partial charge in [0.1, 0.15) is 6.29 Å². The van der Waals surface area contributed by atoms with Gasteiger partial charge >= 0.3 is 0 Å². The van der Waals surface area contributed by atoms with E-state index in [-0.39, 0.29) is 5.91 Å². The van der Waals surface area contributed by atoms with E-state index in [0.29, 0.717) is 110 Å². The summed E-state index contributed by atoms with van der Waals surface area (Å²) in [5, 5.41) is 11.1. The van der Waals surface area contributed by atoms with Gasteiger partial charge in [0.25, 0.3) is 0 Å². The number of rotatable bonds is 28. The highest BCUT2D eigenvalue weighted by atomic mass is 16.5. The zero-order valence-electron chi connectivity index (χ0n) is 30.4. The zero-order valence-corrected chi connectivity index (χ0v) is 30.4. The van der Waals surface area contributed by atoms with Crippen LogP contribution in [-0.2, 0) is 38.1 Å². The molecule has 0 saturated heterocycles. The number of ether oxygens (including phenoxy) is 4. The monoisotopic (exact) mass is 673 g/mol. The van der Waals surface area contributed by atoms with Crippen molar-refractivity contribution < 1.29 is 38.1 Å². The number of amides is 3. The highest BCUT2D eigenvalue weighted by Crippen LogP contribution is 2.21. The van der Waals surface area contributed by atoms with Crippen LogP contribution in [0, 0.1) is 5.41 Å². The summed E-state index contributed by atoms with van der Waals surface area (Å²) < 4.78 is 23.7. The second-order valence-corrected chi connectivity index (χ2v) is 9.65. The van der Waals surface area contributed by atoms with E-state index in [1.807, 2.05) is 34.7 Å². The molecule has 0 unspecified atom stereocenters. The third-order valence-corrected chi connectivity index (χ3v) is 4.89. The normalized spacial score (nSPS) is 9.40. The highest BCUT2D eigenvalue weighted by molar-refractivity contribution is 5.86. The number of aldehydes is 1. The minimum atomic E-state index is -0.514. The Bertz CT molecular complexity index is 710. The molecule has 0 rings (SSSR count). The lowest BCUT2D eigenvalue weighted by Gasteiger charge is -2.33. The Labute approximate surface area is 286 Å². The van der Waals surface area contributed by atoms with Crippen LogP contribution in [0.4, 0.5) is 0 Å². The average Bonchev–Trinajstić information content (AvgIpc) is 3.07. The molecule has 4 N–H and O–H groups in total. The number of carbonyl (C=O) groups excluding carboxylic acids is 4. The Kier molecular flexibility index (Phi) is 56.4. The average molecular weight is 673 g/mol. The van der Waals surface area contributed by atoms with Crippen molar-refractivity contribution in [1.29, 1.82) is 0 Å². The fraction of sp³-hybridized carbons (Fsp3) is 0.657. The third kappa shape index (κ3) is 52.6. The van der Waals surface area contributed by atoms with Gasteiger partial charge in [-0.2, -0.15) is 0 Å². The molecule has 0 saturated carbocycles. The molecule has 0 aliphatic rings. The van der Waals surface area contributed by atoms with Crippen LogP contribution in [0.25, 0.3) is 0 Å². The molecular formula is C35H68N4O8. The van der Waals surface area contributed by atoms with E-state index in [4.69, 9.17) is 18.9 Å². The standard InChI is InChI=1S/C23H44N4O7.C4H6O.2C3H6.C2H6/c1-3-22(30)27-11-7-15-34-19-23(16-31-12-4-8-24-2,17-32-13-5-9-25-20-28)18-33-14-6-10-26-21-29;1-4(2)3-5;2*1-3-2;1-2/h3,20-21,24H,1,4-19H2,2H3,(H,25,28)(H,26,29)(H,27,30);3H,1H2,2H3;2*3H,1H2,2H3;1-2H3.